The first kappa shape index (κ1) is 19.6. The molecule has 5 nitrogen and oxygen atoms in total. The van der Waals surface area contributed by atoms with Crippen LogP contribution in [-0.4, -0.2) is 27.7 Å². The van der Waals surface area contributed by atoms with Crippen LogP contribution in [0.25, 0.3) is 0 Å². The van der Waals surface area contributed by atoms with Gasteiger partial charge >= 0.3 is 0 Å². The summed E-state index contributed by atoms with van der Waals surface area (Å²) >= 11 is 4.42. The van der Waals surface area contributed by atoms with Gasteiger partial charge in [0.2, 0.25) is 11.8 Å². The van der Waals surface area contributed by atoms with E-state index < -0.39 is 5.41 Å². The van der Waals surface area contributed by atoms with Gasteiger partial charge in [-0.15, -0.1) is 0 Å². The predicted molar refractivity (Wildman–Crippen MR) is 111 cm³/mol. The zero-order valence-corrected chi connectivity index (χ0v) is 17.4. The molecule has 0 spiro atoms. The summed E-state index contributed by atoms with van der Waals surface area (Å²) in [5, 5.41) is 2.72. The summed E-state index contributed by atoms with van der Waals surface area (Å²) in [6.07, 6.45) is 0. The van der Waals surface area contributed by atoms with Gasteiger partial charge < -0.3 is 5.32 Å². The van der Waals surface area contributed by atoms with Crippen LogP contribution in [0.2, 0.25) is 0 Å². The largest absolute Gasteiger partial charge is 0.325 e. The standard InChI is InChI=1S/C20H19BrN2O3S/c1-20(2,14-5-7-15(21)8-6-14)18(25)22-16-9-3-13(4-10-16)11-23-17(24)12-27-19(23)26/h3-10H,11-12H2,1-2H3,(H,22,25). The predicted octanol–water partition coefficient (Wildman–Crippen LogP) is 4.56. The highest BCUT2D eigenvalue weighted by atomic mass is 79.9. The zero-order chi connectivity index (χ0) is 19.6. The van der Waals surface area contributed by atoms with Crippen LogP contribution in [0.15, 0.2) is 53.0 Å². The van der Waals surface area contributed by atoms with Crippen LogP contribution in [0.1, 0.15) is 25.0 Å². The molecule has 2 aromatic carbocycles. The van der Waals surface area contributed by atoms with Crippen LogP contribution in [0.4, 0.5) is 10.5 Å². The maximum atomic E-state index is 12.7. The van der Waals surface area contributed by atoms with E-state index in [1.807, 2.05) is 50.2 Å². The molecule has 1 saturated heterocycles. The molecule has 1 aliphatic heterocycles. The summed E-state index contributed by atoms with van der Waals surface area (Å²) in [6.45, 7) is 4.01. The lowest BCUT2D eigenvalue weighted by molar-refractivity contribution is -0.125. The minimum Gasteiger partial charge on any atom is -0.325 e. The molecule has 1 N–H and O–H groups in total. The van der Waals surface area contributed by atoms with Crippen LogP contribution in [-0.2, 0) is 21.5 Å². The number of halogens is 1. The third-order valence-corrected chi connectivity index (χ3v) is 5.91. The topological polar surface area (TPSA) is 66.5 Å². The van der Waals surface area contributed by atoms with E-state index in [0.29, 0.717) is 5.69 Å². The summed E-state index contributed by atoms with van der Waals surface area (Å²) in [5.41, 5.74) is 1.74. The summed E-state index contributed by atoms with van der Waals surface area (Å²) in [6, 6.07) is 14.9. The second-order valence-corrected chi connectivity index (χ2v) is 8.66. The van der Waals surface area contributed by atoms with E-state index in [0.717, 1.165) is 27.4 Å². The number of hydrogen-bond acceptors (Lipinski definition) is 4. The van der Waals surface area contributed by atoms with Crippen molar-refractivity contribution in [1.82, 2.24) is 4.90 Å². The molecular formula is C20H19BrN2O3S. The van der Waals surface area contributed by atoms with E-state index in [4.69, 9.17) is 0 Å². The van der Waals surface area contributed by atoms with Crippen molar-refractivity contribution >= 4 is 50.4 Å². The van der Waals surface area contributed by atoms with Gasteiger partial charge in [0.05, 0.1) is 17.7 Å². The average molecular weight is 447 g/mol. The molecular weight excluding hydrogens is 428 g/mol. The first-order chi connectivity index (χ1) is 12.8. The van der Waals surface area contributed by atoms with Gasteiger partial charge in [-0.25, -0.2) is 0 Å². The Morgan fingerprint density at radius 2 is 1.74 bits per heavy atom. The van der Waals surface area contributed by atoms with Crippen molar-refractivity contribution in [3.05, 3.63) is 64.1 Å². The summed E-state index contributed by atoms with van der Waals surface area (Å²) < 4.78 is 0.964. The molecule has 3 amide bonds. The van der Waals surface area contributed by atoms with Crippen LogP contribution >= 0.6 is 27.7 Å². The smallest absolute Gasteiger partial charge is 0.289 e. The molecule has 1 heterocycles. The SMILES string of the molecule is CC(C)(C(=O)Nc1ccc(CN2C(=O)CSC2=O)cc1)c1ccc(Br)cc1. The number of rotatable bonds is 5. The Kier molecular flexibility index (Phi) is 5.72. The van der Waals surface area contributed by atoms with Crippen molar-refractivity contribution in [1.29, 1.82) is 0 Å². The minimum absolute atomic E-state index is 0.112. The van der Waals surface area contributed by atoms with Crippen LogP contribution in [0, 0.1) is 0 Å². The lowest BCUT2D eigenvalue weighted by Gasteiger charge is -2.24. The highest BCUT2D eigenvalue weighted by Gasteiger charge is 2.31. The fourth-order valence-electron chi connectivity index (χ4n) is 2.69. The van der Waals surface area contributed by atoms with Crippen molar-refractivity contribution in [2.24, 2.45) is 0 Å². The van der Waals surface area contributed by atoms with E-state index in [9.17, 15) is 14.4 Å². The van der Waals surface area contributed by atoms with Crippen molar-refractivity contribution in [3.8, 4) is 0 Å². The highest BCUT2D eigenvalue weighted by Crippen LogP contribution is 2.27. The van der Waals surface area contributed by atoms with Crippen molar-refractivity contribution in [2.45, 2.75) is 25.8 Å². The maximum Gasteiger partial charge on any atom is 0.289 e. The number of carbonyl (C=O) groups excluding carboxylic acids is 3. The summed E-state index contributed by atoms with van der Waals surface area (Å²) in [4.78, 5) is 37.4. The van der Waals surface area contributed by atoms with Crippen molar-refractivity contribution in [2.75, 3.05) is 11.1 Å². The summed E-state index contributed by atoms with van der Waals surface area (Å²) in [5.74, 6) is -0.0736. The number of hydrogen-bond donors (Lipinski definition) is 1. The van der Waals surface area contributed by atoms with Crippen LogP contribution in [0.3, 0.4) is 0 Å². The van der Waals surface area contributed by atoms with E-state index in [-0.39, 0.29) is 29.4 Å². The van der Waals surface area contributed by atoms with Crippen LogP contribution in [0.5, 0.6) is 0 Å². The number of imide groups is 1. The molecule has 0 bridgehead atoms. The number of carbonyl (C=O) groups is 3. The third kappa shape index (κ3) is 4.42. The Balaban J connectivity index is 1.67. The normalized spacial score (nSPS) is 14.6. The molecule has 3 rings (SSSR count). The van der Waals surface area contributed by atoms with E-state index in [1.54, 1.807) is 12.1 Å². The molecule has 1 fully saturated rings. The molecule has 1 aliphatic rings. The molecule has 0 aliphatic carbocycles. The third-order valence-electron chi connectivity index (χ3n) is 4.53. The molecule has 0 unspecified atom stereocenters. The zero-order valence-electron chi connectivity index (χ0n) is 15.0. The minimum atomic E-state index is -0.690. The van der Waals surface area contributed by atoms with Crippen LogP contribution < -0.4 is 5.32 Å². The van der Waals surface area contributed by atoms with E-state index in [2.05, 4.69) is 21.2 Å². The quantitative estimate of drug-likeness (QED) is 0.730. The molecule has 140 valence electrons. The van der Waals surface area contributed by atoms with Gasteiger partial charge in [0.1, 0.15) is 0 Å². The fourth-order valence-corrected chi connectivity index (χ4v) is 3.68. The second-order valence-electron chi connectivity index (χ2n) is 6.82. The molecule has 0 aromatic heterocycles. The van der Waals surface area contributed by atoms with E-state index >= 15 is 0 Å². The number of thioether (sulfide) groups is 1. The molecule has 27 heavy (non-hydrogen) atoms. The molecule has 0 atom stereocenters. The molecule has 2 aromatic rings. The summed E-state index contributed by atoms with van der Waals surface area (Å²) in [7, 11) is 0. The monoisotopic (exact) mass is 446 g/mol. The Morgan fingerprint density at radius 1 is 1.11 bits per heavy atom. The number of anilines is 1. The van der Waals surface area contributed by atoms with Gasteiger partial charge in [0.25, 0.3) is 5.24 Å². The average Bonchev–Trinajstić information content (AvgIpc) is 2.95. The first-order valence-corrected chi connectivity index (χ1v) is 10.2. The fraction of sp³-hybridized carbons (Fsp3) is 0.250. The maximum absolute atomic E-state index is 12.7. The molecule has 0 saturated carbocycles. The first-order valence-electron chi connectivity index (χ1n) is 8.41. The van der Waals surface area contributed by atoms with Crippen molar-refractivity contribution in [3.63, 3.8) is 0 Å². The lowest BCUT2D eigenvalue weighted by Crippen LogP contribution is -2.34. The molecule has 7 heteroatoms. The molecule has 0 radical (unpaired) electrons. The highest BCUT2D eigenvalue weighted by molar-refractivity contribution is 9.10. The van der Waals surface area contributed by atoms with Gasteiger partial charge in [-0.05, 0) is 49.2 Å². The number of amides is 3. The van der Waals surface area contributed by atoms with Gasteiger partial charge in [-0.3, -0.25) is 19.3 Å². The number of nitrogens with zero attached hydrogens (tertiary/aromatic N) is 1. The number of benzene rings is 2. The Morgan fingerprint density at radius 3 is 2.30 bits per heavy atom. The van der Waals surface area contributed by atoms with Crippen molar-refractivity contribution < 1.29 is 14.4 Å². The Hall–Kier alpha value is -2.12. The second kappa shape index (κ2) is 7.86. The Bertz CT molecular complexity index is 863. The lowest BCUT2D eigenvalue weighted by atomic mass is 9.83. The van der Waals surface area contributed by atoms with Gasteiger partial charge in [0.15, 0.2) is 0 Å². The van der Waals surface area contributed by atoms with E-state index in [1.165, 1.54) is 4.90 Å². The van der Waals surface area contributed by atoms with Gasteiger partial charge in [0, 0.05) is 10.2 Å². The van der Waals surface area contributed by atoms with Gasteiger partial charge in [-0.1, -0.05) is 52.0 Å². The van der Waals surface area contributed by atoms with Gasteiger partial charge in [-0.2, -0.15) is 0 Å². The number of nitrogens with one attached hydrogen (secondary N) is 1. The Labute approximate surface area is 170 Å².